The molecule has 0 saturated heterocycles. The van der Waals surface area contributed by atoms with Gasteiger partial charge in [-0.25, -0.2) is 0 Å². The minimum absolute atomic E-state index is 0.0703. The Balaban J connectivity index is 1.50. The van der Waals surface area contributed by atoms with Crippen LogP contribution in [0.4, 0.5) is 11.4 Å². The van der Waals surface area contributed by atoms with E-state index in [-0.39, 0.29) is 11.9 Å². The van der Waals surface area contributed by atoms with Crippen LogP contribution in [0.3, 0.4) is 0 Å². The van der Waals surface area contributed by atoms with Crippen LogP contribution in [-0.2, 0) is 11.2 Å². The van der Waals surface area contributed by atoms with E-state index in [1.165, 1.54) is 0 Å². The second-order valence-corrected chi connectivity index (χ2v) is 6.10. The lowest BCUT2D eigenvalue weighted by atomic mass is 10.0. The molecule has 1 aliphatic heterocycles. The van der Waals surface area contributed by atoms with Gasteiger partial charge in [-0.3, -0.25) is 4.79 Å². The number of hydrogen-bond donors (Lipinski definition) is 2. The van der Waals surface area contributed by atoms with Gasteiger partial charge < -0.3 is 15.1 Å². The molecule has 2 aromatic carbocycles. The highest BCUT2D eigenvalue weighted by atomic mass is 16.4. The summed E-state index contributed by atoms with van der Waals surface area (Å²) in [6.07, 6.45) is 1.28. The summed E-state index contributed by atoms with van der Waals surface area (Å²) in [5, 5.41) is 14.5. The first-order chi connectivity index (χ1) is 12.2. The largest absolute Gasteiger partial charge is 0.418 e. The van der Waals surface area contributed by atoms with Gasteiger partial charge in [0.05, 0.1) is 0 Å². The first-order valence-corrected chi connectivity index (χ1v) is 8.27. The van der Waals surface area contributed by atoms with Gasteiger partial charge in [0.25, 0.3) is 0 Å². The topological polar surface area (TPSA) is 80.0 Å². The standard InChI is InChI=1S/C19H18N4O2/c1-12(18-22-23-19(25-18)13-5-3-2-4-6-13)20-15-8-9-16-14(11-15)7-10-17(24)21-16/h2-6,8-9,11-12,20H,7,10H2,1H3,(H,21,24). The molecule has 1 unspecified atom stereocenters. The van der Waals surface area contributed by atoms with Gasteiger partial charge in [0, 0.05) is 23.4 Å². The van der Waals surface area contributed by atoms with Gasteiger partial charge in [0.15, 0.2) is 0 Å². The third-order valence-electron chi connectivity index (χ3n) is 4.22. The Morgan fingerprint density at radius 2 is 1.96 bits per heavy atom. The number of benzene rings is 2. The first-order valence-electron chi connectivity index (χ1n) is 8.27. The summed E-state index contributed by atoms with van der Waals surface area (Å²) < 4.78 is 5.79. The molecule has 0 radical (unpaired) electrons. The molecule has 0 aliphatic carbocycles. The van der Waals surface area contributed by atoms with Crippen LogP contribution in [0.5, 0.6) is 0 Å². The van der Waals surface area contributed by atoms with E-state index in [9.17, 15) is 4.79 Å². The van der Waals surface area contributed by atoms with Crippen LogP contribution in [0.25, 0.3) is 11.5 Å². The molecule has 1 aliphatic rings. The maximum absolute atomic E-state index is 11.4. The first kappa shape index (κ1) is 15.4. The van der Waals surface area contributed by atoms with E-state index in [2.05, 4.69) is 26.9 Å². The second-order valence-electron chi connectivity index (χ2n) is 6.10. The van der Waals surface area contributed by atoms with Gasteiger partial charge in [-0.15, -0.1) is 10.2 Å². The Labute approximate surface area is 145 Å². The zero-order valence-corrected chi connectivity index (χ0v) is 13.8. The minimum Gasteiger partial charge on any atom is -0.418 e. The van der Waals surface area contributed by atoms with E-state index < -0.39 is 0 Å². The summed E-state index contributed by atoms with van der Waals surface area (Å²) in [6, 6.07) is 15.5. The molecular weight excluding hydrogens is 316 g/mol. The molecule has 3 aromatic rings. The van der Waals surface area contributed by atoms with Gasteiger partial charge in [-0.1, -0.05) is 18.2 Å². The predicted octanol–water partition coefficient (Wildman–Crippen LogP) is 3.79. The molecular formula is C19H18N4O2. The number of rotatable bonds is 4. The molecule has 6 heteroatoms. The van der Waals surface area contributed by atoms with E-state index >= 15 is 0 Å². The third-order valence-corrected chi connectivity index (χ3v) is 4.22. The normalized spacial score (nSPS) is 14.5. The van der Waals surface area contributed by atoms with Crippen molar-refractivity contribution in [2.45, 2.75) is 25.8 Å². The molecule has 25 heavy (non-hydrogen) atoms. The summed E-state index contributed by atoms with van der Waals surface area (Å²) in [5.41, 5.74) is 3.88. The maximum atomic E-state index is 11.4. The maximum Gasteiger partial charge on any atom is 0.247 e. The number of anilines is 2. The van der Waals surface area contributed by atoms with Crippen LogP contribution < -0.4 is 10.6 Å². The van der Waals surface area contributed by atoms with E-state index in [0.717, 1.165) is 28.9 Å². The zero-order chi connectivity index (χ0) is 17.2. The molecule has 0 spiro atoms. The van der Waals surface area contributed by atoms with Gasteiger partial charge in [-0.05, 0) is 49.2 Å². The van der Waals surface area contributed by atoms with Crippen molar-refractivity contribution in [1.29, 1.82) is 0 Å². The van der Waals surface area contributed by atoms with Gasteiger partial charge >= 0.3 is 0 Å². The highest BCUT2D eigenvalue weighted by molar-refractivity contribution is 5.94. The number of fused-ring (bicyclic) bond motifs is 1. The molecule has 2 heterocycles. The van der Waals surface area contributed by atoms with E-state index in [4.69, 9.17) is 4.42 Å². The second kappa shape index (κ2) is 6.39. The summed E-state index contributed by atoms with van der Waals surface area (Å²) >= 11 is 0. The fraction of sp³-hybridized carbons (Fsp3) is 0.211. The molecule has 2 N–H and O–H groups in total. The number of nitrogens with one attached hydrogen (secondary N) is 2. The van der Waals surface area contributed by atoms with Crippen molar-refractivity contribution < 1.29 is 9.21 Å². The van der Waals surface area contributed by atoms with Crippen LogP contribution >= 0.6 is 0 Å². The fourth-order valence-electron chi connectivity index (χ4n) is 2.89. The van der Waals surface area contributed by atoms with Crippen LogP contribution in [0.15, 0.2) is 52.9 Å². The highest BCUT2D eigenvalue weighted by Crippen LogP contribution is 2.28. The number of nitrogens with zero attached hydrogens (tertiary/aromatic N) is 2. The number of amides is 1. The van der Waals surface area contributed by atoms with Gasteiger partial charge in [-0.2, -0.15) is 0 Å². The number of aryl methyl sites for hydroxylation is 1. The molecule has 1 aromatic heterocycles. The summed E-state index contributed by atoms with van der Waals surface area (Å²) in [5.74, 6) is 1.11. The number of carbonyl (C=O) groups excluding carboxylic acids is 1. The average Bonchev–Trinajstić information content (AvgIpc) is 3.13. The third kappa shape index (κ3) is 3.24. The van der Waals surface area contributed by atoms with Crippen LogP contribution in [0.1, 0.15) is 30.8 Å². The Bertz CT molecular complexity index is 905. The highest BCUT2D eigenvalue weighted by Gasteiger charge is 2.17. The van der Waals surface area contributed by atoms with Gasteiger partial charge in [0.1, 0.15) is 6.04 Å². The van der Waals surface area contributed by atoms with Crippen LogP contribution in [-0.4, -0.2) is 16.1 Å². The monoisotopic (exact) mass is 334 g/mol. The molecule has 4 rings (SSSR count). The van der Waals surface area contributed by atoms with Crippen molar-refractivity contribution in [3.05, 3.63) is 60.0 Å². The van der Waals surface area contributed by atoms with E-state index in [1.54, 1.807) is 0 Å². The minimum atomic E-state index is -0.124. The van der Waals surface area contributed by atoms with Crippen LogP contribution in [0.2, 0.25) is 0 Å². The summed E-state index contributed by atoms with van der Waals surface area (Å²) in [4.78, 5) is 11.4. The van der Waals surface area contributed by atoms with Crippen molar-refractivity contribution in [3.8, 4) is 11.5 Å². The molecule has 0 bridgehead atoms. The molecule has 126 valence electrons. The molecule has 1 atom stereocenters. The SMILES string of the molecule is CC(Nc1ccc2c(c1)CCC(=O)N2)c1nnc(-c2ccccc2)o1. The lowest BCUT2D eigenvalue weighted by Gasteiger charge is -2.19. The van der Waals surface area contributed by atoms with Gasteiger partial charge in [0.2, 0.25) is 17.7 Å². The Morgan fingerprint density at radius 3 is 2.80 bits per heavy atom. The van der Waals surface area contributed by atoms with Crippen LogP contribution in [0, 0.1) is 0 Å². The van der Waals surface area contributed by atoms with Crippen molar-refractivity contribution in [3.63, 3.8) is 0 Å². The number of hydrogen-bond acceptors (Lipinski definition) is 5. The lowest BCUT2D eigenvalue weighted by Crippen LogP contribution is -2.19. The smallest absolute Gasteiger partial charge is 0.247 e. The molecule has 0 saturated carbocycles. The number of aromatic nitrogens is 2. The van der Waals surface area contributed by atoms with Crippen molar-refractivity contribution in [2.75, 3.05) is 10.6 Å². The Kier molecular flexibility index (Phi) is 3.93. The molecule has 1 amide bonds. The Morgan fingerprint density at radius 1 is 1.12 bits per heavy atom. The Hall–Kier alpha value is -3.15. The number of carbonyl (C=O) groups is 1. The summed E-state index contributed by atoms with van der Waals surface area (Å²) in [7, 11) is 0. The van der Waals surface area contributed by atoms with Crippen molar-refractivity contribution in [2.24, 2.45) is 0 Å². The van der Waals surface area contributed by atoms with Crippen molar-refractivity contribution in [1.82, 2.24) is 10.2 Å². The van der Waals surface area contributed by atoms with E-state index in [1.807, 2.05) is 49.4 Å². The lowest BCUT2D eigenvalue weighted by molar-refractivity contribution is -0.116. The molecule has 0 fully saturated rings. The van der Waals surface area contributed by atoms with Crippen molar-refractivity contribution >= 4 is 17.3 Å². The summed E-state index contributed by atoms with van der Waals surface area (Å²) in [6.45, 7) is 1.98. The predicted molar refractivity (Wildman–Crippen MR) is 95.2 cm³/mol. The zero-order valence-electron chi connectivity index (χ0n) is 13.8. The fourth-order valence-corrected chi connectivity index (χ4v) is 2.89. The quantitative estimate of drug-likeness (QED) is 0.759. The molecule has 6 nitrogen and oxygen atoms in total. The average molecular weight is 334 g/mol. The van der Waals surface area contributed by atoms with E-state index in [0.29, 0.717) is 18.2 Å².